The SMILES string of the molecule is CC(C)C(=O)Nc1ccc(C(=O)C(C)OC(=O)c2cc(=O)c3ccccc3o2)cc1. The number of Topliss-reactive ketones (excluding diaryl/α,β-unsaturated/α-hetero) is 1. The maximum absolute atomic E-state index is 12.6. The van der Waals surface area contributed by atoms with E-state index in [4.69, 9.17) is 9.15 Å². The monoisotopic (exact) mass is 407 g/mol. The summed E-state index contributed by atoms with van der Waals surface area (Å²) in [6.07, 6.45) is -1.09. The van der Waals surface area contributed by atoms with Crippen LogP contribution in [0.15, 0.2) is 63.8 Å². The number of rotatable bonds is 6. The Morgan fingerprint density at radius 2 is 1.63 bits per heavy atom. The second-order valence-corrected chi connectivity index (χ2v) is 7.10. The van der Waals surface area contributed by atoms with Crippen LogP contribution in [0.25, 0.3) is 11.0 Å². The number of anilines is 1. The average Bonchev–Trinajstić information content (AvgIpc) is 2.73. The highest BCUT2D eigenvalue weighted by Crippen LogP contribution is 2.16. The van der Waals surface area contributed by atoms with Crippen molar-refractivity contribution in [2.24, 2.45) is 5.92 Å². The molecule has 2 aromatic carbocycles. The van der Waals surface area contributed by atoms with Crippen molar-refractivity contribution in [2.75, 3.05) is 5.32 Å². The zero-order valence-electron chi connectivity index (χ0n) is 16.8. The van der Waals surface area contributed by atoms with E-state index in [0.29, 0.717) is 16.6 Å². The molecule has 0 saturated heterocycles. The van der Waals surface area contributed by atoms with Crippen molar-refractivity contribution in [3.05, 3.63) is 76.1 Å². The summed E-state index contributed by atoms with van der Waals surface area (Å²) in [7, 11) is 0. The van der Waals surface area contributed by atoms with Crippen LogP contribution >= 0.6 is 0 Å². The molecule has 7 nitrogen and oxygen atoms in total. The molecule has 1 unspecified atom stereocenters. The maximum Gasteiger partial charge on any atom is 0.375 e. The van der Waals surface area contributed by atoms with Gasteiger partial charge in [-0.1, -0.05) is 26.0 Å². The molecule has 0 saturated carbocycles. The van der Waals surface area contributed by atoms with E-state index in [1.807, 2.05) is 0 Å². The van der Waals surface area contributed by atoms with Crippen LogP contribution in [0, 0.1) is 5.92 Å². The Hall–Kier alpha value is -3.74. The van der Waals surface area contributed by atoms with E-state index in [9.17, 15) is 19.2 Å². The fourth-order valence-electron chi connectivity index (χ4n) is 2.72. The summed E-state index contributed by atoms with van der Waals surface area (Å²) < 4.78 is 10.6. The molecule has 0 fully saturated rings. The molecule has 0 radical (unpaired) electrons. The number of esters is 1. The molecule has 1 aromatic heterocycles. The highest BCUT2D eigenvalue weighted by atomic mass is 16.6. The largest absolute Gasteiger partial charge is 0.449 e. The fourth-order valence-corrected chi connectivity index (χ4v) is 2.72. The summed E-state index contributed by atoms with van der Waals surface area (Å²) in [4.78, 5) is 48.8. The number of benzene rings is 2. The first kappa shape index (κ1) is 21.0. The number of ketones is 1. The van der Waals surface area contributed by atoms with Gasteiger partial charge in [0.2, 0.25) is 17.5 Å². The third-order valence-corrected chi connectivity index (χ3v) is 4.45. The first-order valence-electron chi connectivity index (χ1n) is 9.45. The Bertz CT molecular complexity index is 1160. The fraction of sp³-hybridized carbons (Fsp3) is 0.217. The van der Waals surface area contributed by atoms with E-state index < -0.39 is 17.9 Å². The standard InChI is InChI=1S/C23H21NO6/c1-13(2)22(27)24-16-10-8-15(9-11-16)21(26)14(3)29-23(28)20-12-18(25)17-6-4-5-7-19(17)30-20/h4-14H,1-3H3,(H,24,27). The number of ether oxygens (including phenoxy) is 1. The van der Waals surface area contributed by atoms with Gasteiger partial charge in [0.15, 0.2) is 11.5 Å². The van der Waals surface area contributed by atoms with Gasteiger partial charge in [0, 0.05) is 23.2 Å². The minimum atomic E-state index is -1.09. The van der Waals surface area contributed by atoms with Crippen LogP contribution in [0.2, 0.25) is 0 Å². The van der Waals surface area contributed by atoms with Crippen molar-refractivity contribution in [3.63, 3.8) is 0 Å². The Morgan fingerprint density at radius 1 is 0.967 bits per heavy atom. The number of nitrogens with one attached hydrogen (secondary N) is 1. The molecule has 7 heteroatoms. The molecule has 1 atom stereocenters. The lowest BCUT2D eigenvalue weighted by Gasteiger charge is -2.13. The van der Waals surface area contributed by atoms with Crippen LogP contribution in [-0.2, 0) is 9.53 Å². The minimum Gasteiger partial charge on any atom is -0.449 e. The van der Waals surface area contributed by atoms with Crippen LogP contribution in [0.4, 0.5) is 5.69 Å². The van der Waals surface area contributed by atoms with Gasteiger partial charge in [-0.15, -0.1) is 0 Å². The third kappa shape index (κ3) is 4.63. The van der Waals surface area contributed by atoms with E-state index in [1.165, 1.54) is 6.92 Å². The number of carbonyl (C=O) groups excluding carboxylic acids is 3. The van der Waals surface area contributed by atoms with Crippen LogP contribution in [0.3, 0.4) is 0 Å². The first-order chi connectivity index (χ1) is 14.3. The van der Waals surface area contributed by atoms with Crippen molar-refractivity contribution in [2.45, 2.75) is 26.9 Å². The summed E-state index contributed by atoms with van der Waals surface area (Å²) in [5, 5.41) is 3.08. The molecule has 0 bridgehead atoms. The molecule has 30 heavy (non-hydrogen) atoms. The highest BCUT2D eigenvalue weighted by molar-refractivity contribution is 6.01. The lowest BCUT2D eigenvalue weighted by atomic mass is 10.1. The van der Waals surface area contributed by atoms with Crippen molar-refractivity contribution in [1.82, 2.24) is 0 Å². The van der Waals surface area contributed by atoms with Crippen molar-refractivity contribution >= 4 is 34.3 Å². The predicted molar refractivity (Wildman–Crippen MR) is 112 cm³/mol. The minimum absolute atomic E-state index is 0.131. The van der Waals surface area contributed by atoms with Crippen LogP contribution in [0.1, 0.15) is 41.7 Å². The quantitative estimate of drug-likeness (QED) is 0.492. The molecule has 154 valence electrons. The van der Waals surface area contributed by atoms with Gasteiger partial charge < -0.3 is 14.5 Å². The molecule has 0 spiro atoms. The van der Waals surface area contributed by atoms with E-state index in [1.54, 1.807) is 62.4 Å². The van der Waals surface area contributed by atoms with E-state index in [0.717, 1.165) is 6.07 Å². The Kier molecular flexibility index (Phi) is 6.11. The van der Waals surface area contributed by atoms with E-state index in [2.05, 4.69) is 5.32 Å². The molecule has 3 aromatic rings. The van der Waals surface area contributed by atoms with Crippen LogP contribution < -0.4 is 10.7 Å². The zero-order chi connectivity index (χ0) is 21.8. The lowest BCUT2D eigenvalue weighted by molar-refractivity contribution is -0.118. The summed E-state index contributed by atoms with van der Waals surface area (Å²) in [6, 6.07) is 13.9. The first-order valence-corrected chi connectivity index (χ1v) is 9.45. The third-order valence-electron chi connectivity index (χ3n) is 4.45. The van der Waals surface area contributed by atoms with Gasteiger partial charge in [-0.3, -0.25) is 14.4 Å². The number of fused-ring (bicyclic) bond motifs is 1. The topological polar surface area (TPSA) is 103 Å². The summed E-state index contributed by atoms with van der Waals surface area (Å²) >= 11 is 0. The second kappa shape index (κ2) is 8.73. The molecule has 0 aliphatic carbocycles. The Balaban J connectivity index is 1.70. The lowest BCUT2D eigenvalue weighted by Crippen LogP contribution is -2.25. The number of hydrogen-bond donors (Lipinski definition) is 1. The average molecular weight is 407 g/mol. The number of carbonyl (C=O) groups is 3. The van der Waals surface area contributed by atoms with Gasteiger partial charge in [-0.25, -0.2) is 4.79 Å². The molecule has 0 aliphatic rings. The Morgan fingerprint density at radius 3 is 2.30 bits per heavy atom. The molecular weight excluding hydrogens is 386 g/mol. The van der Waals surface area contributed by atoms with E-state index in [-0.39, 0.29) is 28.6 Å². The molecule has 3 rings (SSSR count). The summed E-state index contributed by atoms with van der Waals surface area (Å²) in [5.41, 5.74) is 0.766. The molecule has 0 aliphatic heterocycles. The van der Waals surface area contributed by atoms with Gasteiger partial charge >= 0.3 is 5.97 Å². The zero-order valence-corrected chi connectivity index (χ0v) is 16.8. The molecule has 1 N–H and O–H groups in total. The molecular formula is C23H21NO6. The second-order valence-electron chi connectivity index (χ2n) is 7.10. The Labute approximate surface area is 172 Å². The van der Waals surface area contributed by atoms with Gasteiger partial charge in [0.25, 0.3) is 0 Å². The van der Waals surface area contributed by atoms with Gasteiger partial charge in [0.05, 0.1) is 5.39 Å². The number of para-hydroxylation sites is 1. The van der Waals surface area contributed by atoms with Gasteiger partial charge in [-0.05, 0) is 43.3 Å². The predicted octanol–water partition coefficient (Wildman–Crippen LogP) is 3.82. The number of hydrogen-bond acceptors (Lipinski definition) is 6. The van der Waals surface area contributed by atoms with Crippen molar-refractivity contribution < 1.29 is 23.5 Å². The smallest absolute Gasteiger partial charge is 0.375 e. The number of amides is 1. The van der Waals surface area contributed by atoms with Crippen LogP contribution in [-0.4, -0.2) is 23.8 Å². The van der Waals surface area contributed by atoms with Gasteiger partial charge in [-0.2, -0.15) is 0 Å². The van der Waals surface area contributed by atoms with Crippen LogP contribution in [0.5, 0.6) is 0 Å². The van der Waals surface area contributed by atoms with Gasteiger partial charge in [0.1, 0.15) is 5.58 Å². The summed E-state index contributed by atoms with van der Waals surface area (Å²) in [5.74, 6) is -1.90. The maximum atomic E-state index is 12.6. The molecule has 1 heterocycles. The van der Waals surface area contributed by atoms with Crippen molar-refractivity contribution in [1.29, 1.82) is 0 Å². The van der Waals surface area contributed by atoms with E-state index >= 15 is 0 Å². The molecule has 1 amide bonds. The van der Waals surface area contributed by atoms with Crippen molar-refractivity contribution in [3.8, 4) is 0 Å². The summed E-state index contributed by atoms with van der Waals surface area (Å²) in [6.45, 7) is 5.00. The normalized spacial score (nSPS) is 11.9. The highest BCUT2D eigenvalue weighted by Gasteiger charge is 2.22.